The van der Waals surface area contributed by atoms with E-state index in [9.17, 15) is 0 Å². The molecule has 2 N–H and O–H groups in total. The molecule has 0 unspecified atom stereocenters. The van der Waals surface area contributed by atoms with E-state index in [2.05, 4.69) is 50.0 Å². The molecule has 0 aliphatic carbocycles. The van der Waals surface area contributed by atoms with Crippen LogP contribution in [0.25, 0.3) is 10.8 Å². The zero-order valence-corrected chi connectivity index (χ0v) is 17.3. The van der Waals surface area contributed by atoms with Crippen LogP contribution in [0.15, 0.2) is 70.2 Å². The van der Waals surface area contributed by atoms with Crippen molar-refractivity contribution >= 4 is 50.2 Å². The quantitative estimate of drug-likeness (QED) is 0.321. The lowest BCUT2D eigenvalue weighted by molar-refractivity contribution is 0.306. The third-order valence-corrected chi connectivity index (χ3v) is 4.70. The molecule has 0 aromatic heterocycles. The van der Waals surface area contributed by atoms with E-state index in [1.54, 1.807) is 6.21 Å². The zero-order valence-electron chi connectivity index (χ0n) is 14.9. The van der Waals surface area contributed by atoms with Gasteiger partial charge in [-0.15, -0.1) is 0 Å². The van der Waals surface area contributed by atoms with Crippen LogP contribution in [0.1, 0.15) is 18.1 Å². The van der Waals surface area contributed by atoms with E-state index in [0.717, 1.165) is 38.7 Å². The largest absolute Gasteiger partial charge is 0.488 e. The Kier molecular flexibility index (Phi) is 6.79. The van der Waals surface area contributed by atoms with Crippen molar-refractivity contribution in [2.24, 2.45) is 5.10 Å². The van der Waals surface area contributed by atoms with Gasteiger partial charge in [-0.1, -0.05) is 58.4 Å². The number of fused-ring (bicyclic) bond motifs is 1. The molecule has 0 spiro atoms. The van der Waals surface area contributed by atoms with E-state index in [4.69, 9.17) is 17.0 Å². The second-order valence-corrected chi connectivity index (χ2v) is 7.17. The number of thiocarbonyl (C=S) groups is 1. The van der Waals surface area contributed by atoms with Crippen molar-refractivity contribution in [3.8, 4) is 5.75 Å². The first-order valence-corrected chi connectivity index (χ1v) is 9.83. The highest BCUT2D eigenvalue weighted by atomic mass is 79.9. The minimum absolute atomic E-state index is 0.482. The van der Waals surface area contributed by atoms with Crippen LogP contribution in [0, 0.1) is 0 Å². The standard InChI is InChI=1S/C21H20BrN3OS/c1-2-23-21(27)25-24-13-19-18-6-4-3-5-16(18)9-12-20(19)26-14-15-7-10-17(22)11-8-15/h3-13H,2,14H2,1H3,(H2,23,25,27). The van der Waals surface area contributed by atoms with Gasteiger partial charge >= 0.3 is 0 Å². The predicted octanol–water partition coefficient (Wildman–Crippen LogP) is 5.00. The van der Waals surface area contributed by atoms with Gasteiger partial charge in [0, 0.05) is 16.6 Å². The summed E-state index contributed by atoms with van der Waals surface area (Å²) in [5.41, 5.74) is 4.84. The minimum atomic E-state index is 0.482. The van der Waals surface area contributed by atoms with Crippen LogP contribution in [0.3, 0.4) is 0 Å². The van der Waals surface area contributed by atoms with Crippen molar-refractivity contribution in [2.75, 3.05) is 6.54 Å². The second kappa shape index (κ2) is 9.48. The molecule has 4 nitrogen and oxygen atoms in total. The average Bonchev–Trinajstić information content (AvgIpc) is 2.68. The number of hydrogen-bond acceptors (Lipinski definition) is 3. The molecular formula is C21H20BrN3OS. The Morgan fingerprint density at radius 2 is 1.89 bits per heavy atom. The summed E-state index contributed by atoms with van der Waals surface area (Å²) in [6.45, 7) is 3.21. The van der Waals surface area contributed by atoms with E-state index in [1.165, 1.54) is 0 Å². The number of ether oxygens (including phenoxy) is 1. The zero-order chi connectivity index (χ0) is 19.1. The number of halogens is 1. The maximum atomic E-state index is 6.09. The van der Waals surface area contributed by atoms with Crippen molar-refractivity contribution in [3.63, 3.8) is 0 Å². The number of hydrazone groups is 1. The van der Waals surface area contributed by atoms with Crippen LogP contribution in [-0.4, -0.2) is 17.9 Å². The van der Waals surface area contributed by atoms with Gasteiger partial charge in [-0.3, -0.25) is 5.43 Å². The molecule has 3 aromatic carbocycles. The van der Waals surface area contributed by atoms with Crippen molar-refractivity contribution in [1.82, 2.24) is 10.7 Å². The Balaban J connectivity index is 1.85. The molecule has 138 valence electrons. The summed E-state index contributed by atoms with van der Waals surface area (Å²) >= 11 is 8.60. The second-order valence-electron chi connectivity index (χ2n) is 5.84. The monoisotopic (exact) mass is 441 g/mol. The van der Waals surface area contributed by atoms with Gasteiger partial charge in [0.25, 0.3) is 0 Å². The predicted molar refractivity (Wildman–Crippen MR) is 119 cm³/mol. The number of nitrogens with one attached hydrogen (secondary N) is 2. The van der Waals surface area contributed by atoms with Gasteiger partial charge in [0.15, 0.2) is 5.11 Å². The van der Waals surface area contributed by atoms with Crippen molar-refractivity contribution < 1.29 is 4.74 Å². The Labute approximate surface area is 172 Å². The van der Waals surface area contributed by atoms with E-state index >= 15 is 0 Å². The molecule has 0 heterocycles. The van der Waals surface area contributed by atoms with Crippen LogP contribution < -0.4 is 15.5 Å². The molecule has 27 heavy (non-hydrogen) atoms. The third kappa shape index (κ3) is 5.28. The highest BCUT2D eigenvalue weighted by Gasteiger charge is 2.08. The van der Waals surface area contributed by atoms with Crippen LogP contribution in [0.2, 0.25) is 0 Å². The van der Waals surface area contributed by atoms with Crippen molar-refractivity contribution in [2.45, 2.75) is 13.5 Å². The fourth-order valence-corrected chi connectivity index (χ4v) is 3.09. The molecule has 0 atom stereocenters. The summed E-state index contributed by atoms with van der Waals surface area (Å²) in [6, 6.07) is 20.3. The highest BCUT2D eigenvalue weighted by Crippen LogP contribution is 2.27. The Hall–Kier alpha value is -2.44. The first-order valence-electron chi connectivity index (χ1n) is 8.63. The number of rotatable bonds is 6. The molecule has 0 amide bonds. The van der Waals surface area contributed by atoms with E-state index in [0.29, 0.717) is 11.7 Å². The fourth-order valence-electron chi connectivity index (χ4n) is 2.63. The Bertz CT molecular complexity index is 957. The molecule has 0 aliphatic rings. The smallest absolute Gasteiger partial charge is 0.186 e. The molecule has 0 radical (unpaired) electrons. The van der Waals surface area contributed by atoms with E-state index in [1.807, 2.05) is 49.4 Å². The van der Waals surface area contributed by atoms with Crippen molar-refractivity contribution in [1.29, 1.82) is 0 Å². The van der Waals surface area contributed by atoms with E-state index < -0.39 is 0 Å². The molecule has 0 fully saturated rings. The molecule has 0 saturated carbocycles. The van der Waals surface area contributed by atoms with Crippen molar-refractivity contribution in [3.05, 3.63) is 76.3 Å². The van der Waals surface area contributed by atoms with E-state index in [-0.39, 0.29) is 0 Å². The normalized spacial score (nSPS) is 10.9. The molecule has 0 bridgehead atoms. The first kappa shape index (κ1) is 19.3. The van der Waals surface area contributed by atoms with Crippen LogP contribution in [-0.2, 0) is 6.61 Å². The lowest BCUT2D eigenvalue weighted by Crippen LogP contribution is -2.31. The lowest BCUT2D eigenvalue weighted by Gasteiger charge is -2.12. The topological polar surface area (TPSA) is 45.7 Å². The van der Waals surface area contributed by atoms with Crippen LogP contribution >= 0.6 is 28.1 Å². The summed E-state index contributed by atoms with van der Waals surface area (Å²) in [6.07, 6.45) is 1.75. The molecular weight excluding hydrogens is 422 g/mol. The van der Waals surface area contributed by atoms with Gasteiger partial charge in [-0.05, 0) is 53.7 Å². The summed E-state index contributed by atoms with van der Waals surface area (Å²) in [5.74, 6) is 0.775. The summed E-state index contributed by atoms with van der Waals surface area (Å²) in [5, 5.41) is 9.97. The van der Waals surface area contributed by atoms with Gasteiger partial charge in [0.05, 0.1) is 6.21 Å². The fraction of sp³-hybridized carbons (Fsp3) is 0.143. The van der Waals surface area contributed by atoms with Crippen LogP contribution in [0.5, 0.6) is 5.75 Å². The summed E-state index contributed by atoms with van der Waals surface area (Å²) < 4.78 is 7.14. The van der Waals surface area contributed by atoms with Gasteiger partial charge in [0.2, 0.25) is 0 Å². The SMILES string of the molecule is CCNC(=S)NN=Cc1c(OCc2ccc(Br)cc2)ccc2ccccc12. The van der Waals surface area contributed by atoms with Gasteiger partial charge < -0.3 is 10.1 Å². The summed E-state index contributed by atoms with van der Waals surface area (Å²) in [7, 11) is 0. The number of benzene rings is 3. The molecule has 3 rings (SSSR count). The van der Waals surface area contributed by atoms with Gasteiger partial charge in [-0.25, -0.2) is 0 Å². The molecule has 0 saturated heterocycles. The number of nitrogens with zero attached hydrogens (tertiary/aromatic N) is 1. The van der Waals surface area contributed by atoms with Gasteiger partial charge in [-0.2, -0.15) is 5.10 Å². The molecule has 3 aromatic rings. The minimum Gasteiger partial charge on any atom is -0.488 e. The Morgan fingerprint density at radius 3 is 2.67 bits per heavy atom. The maximum Gasteiger partial charge on any atom is 0.186 e. The van der Waals surface area contributed by atoms with Crippen LogP contribution in [0.4, 0.5) is 0 Å². The average molecular weight is 442 g/mol. The molecule has 0 aliphatic heterocycles. The maximum absolute atomic E-state index is 6.09. The number of hydrogen-bond donors (Lipinski definition) is 2. The highest BCUT2D eigenvalue weighted by molar-refractivity contribution is 9.10. The molecule has 6 heteroatoms. The third-order valence-electron chi connectivity index (χ3n) is 3.94. The summed E-state index contributed by atoms with van der Waals surface area (Å²) in [4.78, 5) is 0. The van der Waals surface area contributed by atoms with Gasteiger partial charge in [0.1, 0.15) is 12.4 Å². The first-order chi connectivity index (χ1) is 13.2. The lowest BCUT2D eigenvalue weighted by atomic mass is 10.0. The Morgan fingerprint density at radius 1 is 1.11 bits per heavy atom.